The van der Waals surface area contributed by atoms with Crippen LogP contribution in [0.25, 0.3) is 22.2 Å². The standard InChI is InChI=1S/C43H49N5O10S/c1-43(2,3)58-42(52)46-36-21-26-10-8-13-29(20-26)56-19-9-14-33(39(49)47-59(53,54)31-16-17-31)45-40(50)37-23-30(25-48(37)41(36)51)57-38-24-34(27-11-6-5-7-12-27)44-35-22-28(55-4)15-18-32(35)38/h5-8,10-13,15,18,20,22,24,30-31,33,36-37H,9,14,16-17,19,21,23,25H2,1-4H3,(H,45,50)(H,46,52)(H,47,49)/t30-,33?,36-,37+/m1/s1. The molecule has 0 radical (unpaired) electrons. The minimum atomic E-state index is -3.93. The highest BCUT2D eigenvalue weighted by molar-refractivity contribution is 7.90. The molecule has 4 atom stereocenters. The van der Waals surface area contributed by atoms with Crippen molar-refractivity contribution < 1.29 is 46.5 Å². The predicted octanol–water partition coefficient (Wildman–Crippen LogP) is 4.66. The van der Waals surface area contributed by atoms with Crippen LogP contribution in [0.15, 0.2) is 78.9 Å². The van der Waals surface area contributed by atoms with Gasteiger partial charge >= 0.3 is 6.09 Å². The second-order valence-corrected chi connectivity index (χ2v) is 18.0. The number of aromatic nitrogens is 1. The molecular formula is C43H49N5O10S. The SMILES string of the molecule is COc1ccc2c(O[C@@H]3C[C@H]4C(=O)NC(C(=O)NS(=O)(=O)C5CC5)CCCOc5cccc(c5)C[C@@H](NC(=O)OC(C)(C)C)C(=O)N4C3)cc(-c3ccccc3)nc2c1. The molecule has 2 aliphatic heterocycles. The van der Waals surface area contributed by atoms with Crippen LogP contribution >= 0.6 is 0 Å². The van der Waals surface area contributed by atoms with Gasteiger partial charge in [0.15, 0.2) is 0 Å². The lowest BCUT2D eigenvalue weighted by Gasteiger charge is -2.30. The number of pyridine rings is 1. The number of fused-ring (bicyclic) bond motifs is 4. The maximum absolute atomic E-state index is 14.8. The van der Waals surface area contributed by atoms with E-state index in [0.717, 1.165) is 5.56 Å². The van der Waals surface area contributed by atoms with E-state index in [4.69, 9.17) is 23.9 Å². The molecule has 4 aromatic rings. The lowest BCUT2D eigenvalue weighted by Crippen LogP contribution is -2.57. The summed E-state index contributed by atoms with van der Waals surface area (Å²) in [5.41, 5.74) is 1.88. The van der Waals surface area contributed by atoms with Crippen LogP contribution in [0.2, 0.25) is 0 Å². The van der Waals surface area contributed by atoms with Crippen LogP contribution < -0.4 is 29.6 Å². The molecule has 3 aromatic carbocycles. The Bertz CT molecular complexity index is 2330. The molecule has 312 valence electrons. The van der Waals surface area contributed by atoms with Crippen molar-refractivity contribution in [3.8, 4) is 28.5 Å². The lowest BCUT2D eigenvalue weighted by molar-refractivity contribution is -0.140. The van der Waals surface area contributed by atoms with Gasteiger partial charge in [-0.05, 0) is 76.3 Å². The Morgan fingerprint density at radius 3 is 2.47 bits per heavy atom. The topological polar surface area (TPSA) is 192 Å². The summed E-state index contributed by atoms with van der Waals surface area (Å²) in [7, 11) is -2.37. The number of sulfonamides is 1. The Hall–Kier alpha value is -5.90. The van der Waals surface area contributed by atoms with Gasteiger partial charge in [-0.15, -0.1) is 0 Å². The molecule has 1 saturated carbocycles. The molecule has 1 unspecified atom stereocenters. The Labute approximate surface area is 343 Å². The fourth-order valence-corrected chi connectivity index (χ4v) is 8.59. The summed E-state index contributed by atoms with van der Waals surface area (Å²) in [5, 5.41) is 5.49. The summed E-state index contributed by atoms with van der Waals surface area (Å²) in [6, 6.07) is 20.2. The number of ether oxygens (including phenoxy) is 4. The number of amides is 4. The first kappa shape index (κ1) is 41.3. The number of carbonyl (C=O) groups excluding carboxylic acids is 4. The van der Waals surface area contributed by atoms with Gasteiger partial charge in [0.2, 0.25) is 21.8 Å². The van der Waals surface area contributed by atoms with Crippen molar-refractivity contribution in [2.75, 3.05) is 20.3 Å². The lowest BCUT2D eigenvalue weighted by atomic mass is 10.0. The number of hydrogen-bond acceptors (Lipinski definition) is 11. The van der Waals surface area contributed by atoms with E-state index in [1.54, 1.807) is 64.3 Å². The highest BCUT2D eigenvalue weighted by Crippen LogP contribution is 2.35. The Kier molecular flexibility index (Phi) is 12.0. The Morgan fingerprint density at radius 1 is 0.966 bits per heavy atom. The molecule has 7 rings (SSSR count). The van der Waals surface area contributed by atoms with Crippen molar-refractivity contribution in [2.45, 2.75) is 94.4 Å². The first-order chi connectivity index (χ1) is 28.2. The molecule has 2 fully saturated rings. The van der Waals surface area contributed by atoms with Crippen molar-refractivity contribution in [2.24, 2.45) is 0 Å². The smallest absolute Gasteiger partial charge is 0.408 e. The molecule has 0 spiro atoms. The first-order valence-electron chi connectivity index (χ1n) is 19.7. The molecule has 59 heavy (non-hydrogen) atoms. The zero-order valence-corrected chi connectivity index (χ0v) is 34.3. The van der Waals surface area contributed by atoms with E-state index < -0.39 is 68.9 Å². The average Bonchev–Trinajstić information content (AvgIpc) is 3.98. The number of hydrogen-bond donors (Lipinski definition) is 3. The largest absolute Gasteiger partial charge is 0.497 e. The van der Waals surface area contributed by atoms with E-state index in [-0.39, 0.29) is 38.8 Å². The number of nitrogens with zero attached hydrogens (tertiary/aromatic N) is 2. The van der Waals surface area contributed by atoms with Crippen LogP contribution in [0.4, 0.5) is 4.79 Å². The molecule has 3 heterocycles. The van der Waals surface area contributed by atoms with E-state index in [2.05, 4.69) is 15.4 Å². The fraction of sp³-hybridized carbons (Fsp3) is 0.419. The zero-order valence-electron chi connectivity index (χ0n) is 33.4. The number of benzene rings is 3. The molecule has 3 N–H and O–H groups in total. The maximum Gasteiger partial charge on any atom is 0.408 e. The van der Waals surface area contributed by atoms with E-state index >= 15 is 0 Å². The van der Waals surface area contributed by atoms with E-state index in [1.165, 1.54) is 4.90 Å². The predicted molar refractivity (Wildman–Crippen MR) is 218 cm³/mol. The molecule has 1 aliphatic carbocycles. The summed E-state index contributed by atoms with van der Waals surface area (Å²) < 4.78 is 51.5. The third kappa shape index (κ3) is 10.2. The molecule has 3 aliphatic rings. The van der Waals surface area contributed by atoms with Crippen LogP contribution in [-0.2, 0) is 35.6 Å². The summed E-state index contributed by atoms with van der Waals surface area (Å²) >= 11 is 0. The van der Waals surface area contributed by atoms with Gasteiger partial charge in [0.25, 0.3) is 5.91 Å². The van der Waals surface area contributed by atoms with Gasteiger partial charge in [0, 0.05) is 35.9 Å². The van der Waals surface area contributed by atoms with Gasteiger partial charge in [0.05, 0.1) is 36.7 Å². The number of alkyl carbamates (subject to hydrolysis) is 1. The van der Waals surface area contributed by atoms with Gasteiger partial charge in [-0.2, -0.15) is 0 Å². The van der Waals surface area contributed by atoms with Crippen molar-refractivity contribution in [1.29, 1.82) is 0 Å². The molecule has 4 amide bonds. The van der Waals surface area contributed by atoms with Crippen molar-refractivity contribution in [3.63, 3.8) is 0 Å². The van der Waals surface area contributed by atoms with Gasteiger partial charge < -0.3 is 34.5 Å². The minimum Gasteiger partial charge on any atom is -0.497 e. The summed E-state index contributed by atoms with van der Waals surface area (Å²) in [5.74, 6) is -0.604. The van der Waals surface area contributed by atoms with Crippen molar-refractivity contribution >= 4 is 44.7 Å². The molecule has 1 saturated heterocycles. The molecule has 1 aromatic heterocycles. The van der Waals surface area contributed by atoms with Gasteiger partial charge in [-0.3, -0.25) is 19.1 Å². The van der Waals surface area contributed by atoms with E-state index in [0.29, 0.717) is 52.3 Å². The van der Waals surface area contributed by atoms with Crippen LogP contribution in [0, 0.1) is 0 Å². The third-order valence-corrected chi connectivity index (χ3v) is 12.1. The minimum absolute atomic E-state index is 0.00464. The van der Waals surface area contributed by atoms with Gasteiger partial charge in [0.1, 0.15) is 47.1 Å². The van der Waals surface area contributed by atoms with E-state index in [9.17, 15) is 27.6 Å². The first-order valence-corrected chi connectivity index (χ1v) is 21.3. The van der Waals surface area contributed by atoms with Gasteiger partial charge in [-0.25, -0.2) is 18.2 Å². The Morgan fingerprint density at radius 2 is 1.75 bits per heavy atom. The van der Waals surface area contributed by atoms with Gasteiger partial charge in [-0.1, -0.05) is 42.5 Å². The number of rotatable bonds is 8. The maximum atomic E-state index is 14.8. The third-order valence-electron chi connectivity index (χ3n) is 10.3. The second-order valence-electron chi connectivity index (χ2n) is 16.0. The van der Waals surface area contributed by atoms with Crippen molar-refractivity contribution in [1.82, 2.24) is 25.2 Å². The van der Waals surface area contributed by atoms with E-state index in [1.807, 2.05) is 42.5 Å². The summed E-state index contributed by atoms with van der Waals surface area (Å²) in [6.45, 7) is 5.20. The summed E-state index contributed by atoms with van der Waals surface area (Å²) in [6.07, 6.45) is -0.302. The van der Waals surface area contributed by atoms with Crippen molar-refractivity contribution in [3.05, 3.63) is 84.4 Å². The Balaban J connectivity index is 1.25. The van der Waals surface area contributed by atoms with Crippen LogP contribution in [0.5, 0.6) is 17.2 Å². The highest BCUT2D eigenvalue weighted by Gasteiger charge is 2.45. The molecule has 15 nitrogen and oxygen atoms in total. The van der Waals surface area contributed by atoms with Crippen LogP contribution in [0.3, 0.4) is 0 Å². The second kappa shape index (κ2) is 17.1. The quantitative estimate of drug-likeness (QED) is 0.224. The number of methoxy groups -OCH3 is 1. The fourth-order valence-electron chi connectivity index (χ4n) is 7.25. The zero-order chi connectivity index (χ0) is 41.9. The van der Waals surface area contributed by atoms with Crippen LogP contribution in [0.1, 0.15) is 58.4 Å². The molecule has 2 bridgehead atoms. The molecule has 16 heteroatoms. The average molecular weight is 828 g/mol. The normalized spacial score (nSPS) is 21.5. The number of nitrogens with one attached hydrogen (secondary N) is 3. The molecular weight excluding hydrogens is 779 g/mol. The monoisotopic (exact) mass is 827 g/mol. The van der Waals surface area contributed by atoms with Crippen LogP contribution in [-0.4, -0.2) is 97.5 Å². The number of carbonyl (C=O) groups is 4. The highest BCUT2D eigenvalue weighted by atomic mass is 32.2. The summed E-state index contributed by atoms with van der Waals surface area (Å²) in [4.78, 5) is 62.3.